The van der Waals surface area contributed by atoms with Crippen LogP contribution in [0.1, 0.15) is 12.8 Å². The van der Waals surface area contributed by atoms with Gasteiger partial charge < -0.3 is 15.4 Å². The summed E-state index contributed by atoms with van der Waals surface area (Å²) in [5.41, 5.74) is 6.12. The van der Waals surface area contributed by atoms with Crippen molar-refractivity contribution in [2.24, 2.45) is 11.1 Å². The lowest BCUT2D eigenvalue weighted by Crippen LogP contribution is -2.47. The summed E-state index contributed by atoms with van der Waals surface area (Å²) in [6.45, 7) is 4.72. The Hall–Kier alpha value is 0.230. The first-order valence-electron chi connectivity index (χ1n) is 5.68. The first-order chi connectivity index (χ1) is 7.22. The van der Waals surface area contributed by atoms with Gasteiger partial charge in [0.05, 0.1) is 6.61 Å². The van der Waals surface area contributed by atoms with Gasteiger partial charge in [-0.25, -0.2) is 0 Å². The summed E-state index contributed by atoms with van der Waals surface area (Å²) in [5.74, 6) is 1.19. The van der Waals surface area contributed by atoms with Crippen molar-refractivity contribution in [3.8, 4) is 0 Å². The third-order valence-corrected chi connectivity index (χ3v) is 3.71. The number of hydrogen-bond donors (Lipinski definition) is 1. The molecular formula is C11H24N2OS. The minimum absolute atomic E-state index is 0.214. The molecule has 1 atom stereocenters. The number of ether oxygens (including phenoxy) is 1. The number of thioether (sulfide) groups is 1. The van der Waals surface area contributed by atoms with Crippen molar-refractivity contribution in [1.82, 2.24) is 4.90 Å². The van der Waals surface area contributed by atoms with Crippen LogP contribution in [0.5, 0.6) is 0 Å². The predicted octanol–water partition coefficient (Wildman–Crippen LogP) is 1.04. The molecule has 1 aliphatic rings. The van der Waals surface area contributed by atoms with Gasteiger partial charge in [-0.05, 0) is 26.1 Å². The Balaban J connectivity index is 2.37. The van der Waals surface area contributed by atoms with Crippen LogP contribution in [0.15, 0.2) is 0 Å². The van der Waals surface area contributed by atoms with Crippen molar-refractivity contribution in [2.45, 2.75) is 12.8 Å². The maximum absolute atomic E-state index is 5.90. The molecule has 0 amide bonds. The molecule has 1 unspecified atom stereocenters. The Morgan fingerprint density at radius 3 is 2.87 bits per heavy atom. The predicted molar refractivity (Wildman–Crippen MR) is 67.4 cm³/mol. The fourth-order valence-electron chi connectivity index (χ4n) is 2.16. The van der Waals surface area contributed by atoms with Gasteiger partial charge in [0.2, 0.25) is 0 Å². The summed E-state index contributed by atoms with van der Waals surface area (Å²) in [4.78, 5) is 2.39. The minimum Gasteiger partial charge on any atom is -0.381 e. The smallest absolute Gasteiger partial charge is 0.0546 e. The highest BCUT2D eigenvalue weighted by Gasteiger charge is 2.32. The van der Waals surface area contributed by atoms with Crippen molar-refractivity contribution in [3.63, 3.8) is 0 Å². The summed E-state index contributed by atoms with van der Waals surface area (Å²) in [7, 11) is 2.18. The molecule has 1 rings (SSSR count). The summed E-state index contributed by atoms with van der Waals surface area (Å²) >= 11 is 1.89. The maximum Gasteiger partial charge on any atom is 0.0546 e. The number of rotatable bonds is 6. The summed E-state index contributed by atoms with van der Waals surface area (Å²) in [6.07, 6.45) is 4.52. The van der Waals surface area contributed by atoms with Gasteiger partial charge in [-0.3, -0.25) is 0 Å². The highest BCUT2D eigenvalue weighted by Crippen LogP contribution is 2.28. The molecule has 1 fully saturated rings. The van der Waals surface area contributed by atoms with Gasteiger partial charge in [0.25, 0.3) is 0 Å². The van der Waals surface area contributed by atoms with Crippen molar-refractivity contribution in [2.75, 3.05) is 51.9 Å². The Labute approximate surface area is 97.7 Å². The van der Waals surface area contributed by atoms with Crippen LogP contribution in [0.3, 0.4) is 0 Å². The van der Waals surface area contributed by atoms with Gasteiger partial charge in [0.1, 0.15) is 0 Å². The van der Waals surface area contributed by atoms with Crippen LogP contribution in [0.25, 0.3) is 0 Å². The van der Waals surface area contributed by atoms with E-state index in [1.165, 1.54) is 12.2 Å². The molecule has 0 radical (unpaired) electrons. The minimum atomic E-state index is 0.214. The molecule has 3 nitrogen and oxygen atoms in total. The second-order valence-corrected chi connectivity index (χ2v) is 5.58. The van der Waals surface area contributed by atoms with Crippen LogP contribution in [-0.4, -0.2) is 56.8 Å². The zero-order chi connectivity index (χ0) is 11.1. The van der Waals surface area contributed by atoms with Crippen molar-refractivity contribution < 1.29 is 4.74 Å². The van der Waals surface area contributed by atoms with E-state index in [0.29, 0.717) is 0 Å². The van der Waals surface area contributed by atoms with E-state index in [1.807, 2.05) is 11.8 Å². The molecule has 0 aromatic rings. The average molecular weight is 232 g/mol. The molecule has 0 aliphatic carbocycles. The van der Waals surface area contributed by atoms with Crippen molar-refractivity contribution in [1.29, 1.82) is 0 Å². The summed E-state index contributed by atoms with van der Waals surface area (Å²) in [6, 6.07) is 0. The van der Waals surface area contributed by atoms with E-state index < -0.39 is 0 Å². The monoisotopic (exact) mass is 232 g/mol. The Morgan fingerprint density at radius 2 is 2.33 bits per heavy atom. The molecule has 90 valence electrons. The lowest BCUT2D eigenvalue weighted by molar-refractivity contribution is -0.0174. The van der Waals surface area contributed by atoms with Crippen LogP contribution < -0.4 is 5.73 Å². The Morgan fingerprint density at radius 1 is 1.53 bits per heavy atom. The molecule has 0 aromatic heterocycles. The van der Waals surface area contributed by atoms with E-state index >= 15 is 0 Å². The number of nitrogens with zero attached hydrogens (tertiary/aromatic N) is 1. The van der Waals surface area contributed by atoms with Crippen molar-refractivity contribution >= 4 is 11.8 Å². The van der Waals surface area contributed by atoms with E-state index in [-0.39, 0.29) is 5.41 Å². The average Bonchev–Trinajstić information content (AvgIpc) is 2.27. The molecule has 2 N–H and O–H groups in total. The molecule has 1 heterocycles. The van der Waals surface area contributed by atoms with Gasteiger partial charge in [-0.2, -0.15) is 11.8 Å². The quantitative estimate of drug-likeness (QED) is 0.742. The third-order valence-electron chi connectivity index (χ3n) is 3.12. The van der Waals surface area contributed by atoms with Crippen LogP contribution >= 0.6 is 11.8 Å². The van der Waals surface area contributed by atoms with E-state index in [4.69, 9.17) is 10.5 Å². The Kier molecular flexibility index (Phi) is 5.97. The van der Waals surface area contributed by atoms with E-state index in [2.05, 4.69) is 18.2 Å². The van der Waals surface area contributed by atoms with Gasteiger partial charge >= 0.3 is 0 Å². The van der Waals surface area contributed by atoms with E-state index in [1.54, 1.807) is 0 Å². The molecule has 0 aromatic carbocycles. The number of hydrogen-bond acceptors (Lipinski definition) is 4. The van der Waals surface area contributed by atoms with Gasteiger partial charge in [-0.15, -0.1) is 0 Å². The SMILES string of the molecule is CSCCN(C)CC1(CN)CCCOC1. The van der Waals surface area contributed by atoms with Crippen LogP contribution in [-0.2, 0) is 4.74 Å². The lowest BCUT2D eigenvalue weighted by Gasteiger charge is -2.38. The molecule has 1 aliphatic heterocycles. The molecule has 4 heteroatoms. The van der Waals surface area contributed by atoms with Gasteiger partial charge in [-0.1, -0.05) is 0 Å². The topological polar surface area (TPSA) is 38.5 Å². The van der Waals surface area contributed by atoms with Crippen LogP contribution in [0, 0.1) is 5.41 Å². The molecular weight excluding hydrogens is 208 g/mol. The largest absolute Gasteiger partial charge is 0.381 e. The van der Waals surface area contributed by atoms with Crippen LogP contribution in [0.4, 0.5) is 0 Å². The fourth-order valence-corrected chi connectivity index (χ4v) is 2.65. The zero-order valence-corrected chi connectivity index (χ0v) is 10.8. The van der Waals surface area contributed by atoms with E-state index in [0.717, 1.165) is 39.3 Å². The van der Waals surface area contributed by atoms with E-state index in [9.17, 15) is 0 Å². The normalized spacial score (nSPS) is 27.2. The summed E-state index contributed by atoms with van der Waals surface area (Å²) < 4.78 is 5.57. The molecule has 0 spiro atoms. The van der Waals surface area contributed by atoms with Crippen molar-refractivity contribution in [3.05, 3.63) is 0 Å². The number of nitrogens with two attached hydrogens (primary N) is 1. The standard InChI is InChI=1S/C11H24N2OS/c1-13(5-7-15-2)9-11(8-12)4-3-6-14-10-11/h3-10,12H2,1-2H3. The molecule has 1 saturated heterocycles. The molecule has 0 bridgehead atoms. The highest BCUT2D eigenvalue weighted by atomic mass is 32.2. The maximum atomic E-state index is 5.90. The molecule has 0 saturated carbocycles. The highest BCUT2D eigenvalue weighted by molar-refractivity contribution is 7.98. The Bertz CT molecular complexity index is 172. The van der Waals surface area contributed by atoms with Gasteiger partial charge in [0.15, 0.2) is 0 Å². The summed E-state index contributed by atoms with van der Waals surface area (Å²) in [5, 5.41) is 0. The second-order valence-electron chi connectivity index (χ2n) is 4.59. The fraction of sp³-hybridized carbons (Fsp3) is 1.00. The molecule has 15 heavy (non-hydrogen) atoms. The second kappa shape index (κ2) is 6.74. The van der Waals surface area contributed by atoms with Gasteiger partial charge in [0, 0.05) is 37.4 Å². The third kappa shape index (κ3) is 4.31. The zero-order valence-electron chi connectivity index (χ0n) is 10.00. The first-order valence-corrected chi connectivity index (χ1v) is 7.07. The lowest BCUT2D eigenvalue weighted by atomic mass is 9.82. The first kappa shape index (κ1) is 13.3. The van der Waals surface area contributed by atoms with Crippen LogP contribution in [0.2, 0.25) is 0 Å².